The summed E-state index contributed by atoms with van der Waals surface area (Å²) in [6.07, 6.45) is 2.37. The highest BCUT2D eigenvalue weighted by Crippen LogP contribution is 2.30. The van der Waals surface area contributed by atoms with E-state index in [1.165, 1.54) is 7.11 Å². The zero-order chi connectivity index (χ0) is 9.19. The van der Waals surface area contributed by atoms with Gasteiger partial charge in [0, 0.05) is 6.42 Å². The number of carbonyl (C=O) groups is 1. The van der Waals surface area contributed by atoms with Crippen LogP contribution in [0.25, 0.3) is 0 Å². The summed E-state index contributed by atoms with van der Waals surface area (Å²) in [6, 6.07) is 0. The molecule has 1 N–H and O–H groups in total. The highest BCUT2D eigenvalue weighted by molar-refractivity contribution is 6.32. The molecule has 0 aliphatic carbocycles. The van der Waals surface area contributed by atoms with Gasteiger partial charge in [0.25, 0.3) is 0 Å². The Labute approximate surface area is 80.7 Å². The number of nitrogens with one attached hydrogen (secondary N) is 1. The fourth-order valence-corrected chi connectivity index (χ4v) is 1.58. The molecule has 12 heavy (non-hydrogen) atoms. The first-order valence-electron chi connectivity index (χ1n) is 3.45. The molecule has 0 bridgehead atoms. The average Bonchev–Trinajstić information content (AvgIpc) is 2.30. The zero-order valence-corrected chi connectivity index (χ0v) is 8.08. The van der Waals surface area contributed by atoms with Crippen LogP contribution in [0.2, 0.25) is 0 Å². The van der Waals surface area contributed by atoms with Crippen LogP contribution in [-0.4, -0.2) is 18.1 Å². The van der Waals surface area contributed by atoms with E-state index in [9.17, 15) is 4.79 Å². The number of methoxy groups -OCH3 is 1. The fourth-order valence-electron chi connectivity index (χ4n) is 0.985. The number of hydrogen-bond donors (Lipinski definition) is 1. The molecule has 68 valence electrons. The van der Waals surface area contributed by atoms with Crippen molar-refractivity contribution in [2.75, 3.05) is 7.11 Å². The van der Waals surface area contributed by atoms with Crippen molar-refractivity contribution in [2.45, 2.75) is 17.8 Å². The fraction of sp³-hybridized carbons (Fsp3) is 0.571. The number of carbonyl (C=O) groups excluding carboxylic acids is 1. The van der Waals surface area contributed by atoms with E-state index in [4.69, 9.17) is 23.2 Å². The Morgan fingerprint density at radius 2 is 2.58 bits per heavy atom. The standard InChI is InChI=1S/C7H9Cl2NO2/c1-12-6(11)4-7(9)3-2-5(8)10-7/h2,10H,3-4H2,1H3. The molecule has 1 atom stereocenters. The van der Waals surface area contributed by atoms with Crippen molar-refractivity contribution in [2.24, 2.45) is 0 Å². The SMILES string of the molecule is COC(=O)CC1(Cl)CC=C(Cl)N1. The summed E-state index contributed by atoms with van der Waals surface area (Å²) in [5.74, 6) is -0.350. The second kappa shape index (κ2) is 3.54. The van der Waals surface area contributed by atoms with Gasteiger partial charge in [-0.3, -0.25) is 4.79 Å². The van der Waals surface area contributed by atoms with E-state index in [1.807, 2.05) is 0 Å². The molecule has 0 fully saturated rings. The molecule has 1 aliphatic heterocycles. The van der Waals surface area contributed by atoms with Gasteiger partial charge in [-0.15, -0.1) is 0 Å². The van der Waals surface area contributed by atoms with Gasteiger partial charge in [0.1, 0.15) is 5.00 Å². The van der Waals surface area contributed by atoms with Crippen molar-refractivity contribution in [3.8, 4) is 0 Å². The summed E-state index contributed by atoms with van der Waals surface area (Å²) in [7, 11) is 1.33. The lowest BCUT2D eigenvalue weighted by Gasteiger charge is -2.20. The lowest BCUT2D eigenvalue weighted by Crippen LogP contribution is -2.36. The van der Waals surface area contributed by atoms with Crippen molar-refractivity contribution in [3.63, 3.8) is 0 Å². The summed E-state index contributed by atoms with van der Waals surface area (Å²) >= 11 is 11.6. The van der Waals surface area contributed by atoms with E-state index >= 15 is 0 Å². The molecule has 0 aromatic carbocycles. The highest BCUT2D eigenvalue weighted by Gasteiger charge is 2.33. The van der Waals surface area contributed by atoms with Crippen molar-refractivity contribution < 1.29 is 9.53 Å². The third-order valence-electron chi connectivity index (χ3n) is 1.60. The summed E-state index contributed by atoms with van der Waals surface area (Å²) in [4.78, 5) is 10.1. The zero-order valence-electron chi connectivity index (χ0n) is 6.56. The second-order valence-electron chi connectivity index (χ2n) is 2.60. The Bertz CT molecular complexity index is 229. The molecule has 1 aliphatic rings. The molecule has 0 aromatic heterocycles. The molecule has 0 saturated carbocycles. The molecule has 1 unspecified atom stereocenters. The van der Waals surface area contributed by atoms with Crippen LogP contribution in [0, 0.1) is 0 Å². The van der Waals surface area contributed by atoms with Crippen LogP contribution in [0.15, 0.2) is 11.2 Å². The highest BCUT2D eigenvalue weighted by atomic mass is 35.5. The molecule has 1 rings (SSSR count). The topological polar surface area (TPSA) is 38.3 Å². The van der Waals surface area contributed by atoms with Crippen molar-refractivity contribution in [1.29, 1.82) is 0 Å². The minimum atomic E-state index is -0.788. The molecule has 0 saturated heterocycles. The minimum Gasteiger partial charge on any atom is -0.469 e. The van der Waals surface area contributed by atoms with Gasteiger partial charge < -0.3 is 10.1 Å². The number of esters is 1. The maximum atomic E-state index is 10.9. The normalized spacial score (nSPS) is 27.8. The van der Waals surface area contributed by atoms with Crippen LogP contribution < -0.4 is 5.32 Å². The van der Waals surface area contributed by atoms with Crippen LogP contribution in [0.5, 0.6) is 0 Å². The summed E-state index contributed by atoms with van der Waals surface area (Å²) in [5.41, 5.74) is 0. The Morgan fingerprint density at radius 3 is 3.00 bits per heavy atom. The third-order valence-corrected chi connectivity index (χ3v) is 2.23. The first-order valence-corrected chi connectivity index (χ1v) is 4.21. The molecule has 0 radical (unpaired) electrons. The Balaban J connectivity index is 2.48. The van der Waals surface area contributed by atoms with Gasteiger partial charge in [-0.25, -0.2) is 0 Å². The molecule has 0 spiro atoms. The van der Waals surface area contributed by atoms with Gasteiger partial charge in [-0.2, -0.15) is 0 Å². The van der Waals surface area contributed by atoms with Crippen molar-refractivity contribution in [1.82, 2.24) is 5.32 Å². The van der Waals surface area contributed by atoms with Crippen LogP contribution in [-0.2, 0) is 9.53 Å². The Morgan fingerprint density at radius 1 is 1.92 bits per heavy atom. The van der Waals surface area contributed by atoms with Gasteiger partial charge in [-0.05, 0) is 6.08 Å². The number of rotatable bonds is 2. The number of alkyl halides is 1. The van der Waals surface area contributed by atoms with Crippen LogP contribution in [0.1, 0.15) is 12.8 Å². The Hall–Kier alpha value is -0.410. The predicted octanol–water partition coefficient (Wildman–Crippen LogP) is 1.56. The lowest BCUT2D eigenvalue weighted by atomic mass is 10.1. The van der Waals surface area contributed by atoms with E-state index in [0.29, 0.717) is 11.6 Å². The van der Waals surface area contributed by atoms with Gasteiger partial charge in [0.2, 0.25) is 0 Å². The van der Waals surface area contributed by atoms with Gasteiger partial charge in [0.15, 0.2) is 0 Å². The number of halogens is 2. The molecule has 3 nitrogen and oxygen atoms in total. The first-order chi connectivity index (χ1) is 5.56. The van der Waals surface area contributed by atoms with Crippen LogP contribution in [0.4, 0.5) is 0 Å². The summed E-state index contributed by atoms with van der Waals surface area (Å²) in [6.45, 7) is 0. The number of ether oxygens (including phenoxy) is 1. The molecule has 0 aromatic rings. The molecule has 5 heteroatoms. The maximum absolute atomic E-state index is 10.9. The monoisotopic (exact) mass is 209 g/mol. The van der Waals surface area contributed by atoms with E-state index in [0.717, 1.165) is 0 Å². The van der Waals surface area contributed by atoms with Crippen molar-refractivity contribution in [3.05, 3.63) is 11.2 Å². The van der Waals surface area contributed by atoms with Gasteiger partial charge in [0.05, 0.1) is 18.7 Å². The minimum absolute atomic E-state index is 0.109. The number of hydrogen-bond acceptors (Lipinski definition) is 3. The van der Waals surface area contributed by atoms with E-state index in [2.05, 4.69) is 10.1 Å². The van der Waals surface area contributed by atoms with E-state index < -0.39 is 5.00 Å². The van der Waals surface area contributed by atoms with Crippen molar-refractivity contribution >= 4 is 29.2 Å². The average molecular weight is 210 g/mol. The van der Waals surface area contributed by atoms with Gasteiger partial charge >= 0.3 is 5.97 Å². The van der Waals surface area contributed by atoms with Crippen LogP contribution >= 0.6 is 23.2 Å². The lowest BCUT2D eigenvalue weighted by molar-refractivity contribution is -0.141. The maximum Gasteiger partial charge on any atom is 0.309 e. The smallest absolute Gasteiger partial charge is 0.309 e. The van der Waals surface area contributed by atoms with Gasteiger partial charge in [-0.1, -0.05) is 23.2 Å². The summed E-state index contributed by atoms with van der Waals surface area (Å²) in [5, 5.41) is 3.27. The quantitative estimate of drug-likeness (QED) is 0.427. The largest absolute Gasteiger partial charge is 0.469 e. The van der Waals surface area contributed by atoms with E-state index in [-0.39, 0.29) is 12.4 Å². The first kappa shape index (κ1) is 9.68. The third kappa shape index (κ3) is 2.29. The molecule has 0 amide bonds. The Kier molecular flexibility index (Phi) is 2.85. The summed E-state index contributed by atoms with van der Waals surface area (Å²) < 4.78 is 4.48. The van der Waals surface area contributed by atoms with E-state index in [1.54, 1.807) is 6.08 Å². The predicted molar refractivity (Wildman–Crippen MR) is 46.9 cm³/mol. The molecular formula is C7H9Cl2NO2. The molecular weight excluding hydrogens is 201 g/mol. The van der Waals surface area contributed by atoms with Crippen LogP contribution in [0.3, 0.4) is 0 Å². The second-order valence-corrected chi connectivity index (χ2v) is 3.73. The molecule has 1 heterocycles.